The standard InChI is InChI=1S/C43H29N/c1-43(2)36-23-22-33-32-21-20-26-12-6-7-15-28(26)40(32)30-17-8-9-18-31(30)41(33)42(36)35-24-34-29-16-10-11-19-38(29)44(39(34)25-37(35)43)27-13-4-3-5-14-27/h3-25H,1-2H3. The van der Waals surface area contributed by atoms with Crippen LogP contribution < -0.4 is 0 Å². The number of benzene rings is 8. The summed E-state index contributed by atoms with van der Waals surface area (Å²) in [4.78, 5) is 0. The van der Waals surface area contributed by atoms with E-state index >= 15 is 0 Å². The molecule has 1 heterocycles. The lowest BCUT2D eigenvalue weighted by molar-refractivity contribution is 0.661. The SMILES string of the molecule is CC1(C)c2cc3c(cc2-c2c1ccc1c4ccc5ccccc5c4c4ccccc4c21)c1ccccc1n3-c1ccccc1. The molecule has 1 aliphatic carbocycles. The van der Waals surface area contributed by atoms with Crippen molar-refractivity contribution in [1.82, 2.24) is 4.57 Å². The molecule has 0 amide bonds. The van der Waals surface area contributed by atoms with Crippen molar-refractivity contribution in [2.45, 2.75) is 19.3 Å². The second-order valence-corrected chi connectivity index (χ2v) is 12.9. The van der Waals surface area contributed by atoms with Crippen molar-refractivity contribution in [1.29, 1.82) is 0 Å². The summed E-state index contributed by atoms with van der Waals surface area (Å²) in [6.07, 6.45) is 0. The first-order valence-corrected chi connectivity index (χ1v) is 15.5. The molecule has 0 saturated carbocycles. The van der Waals surface area contributed by atoms with Crippen LogP contribution in [0.15, 0.2) is 140 Å². The van der Waals surface area contributed by atoms with Gasteiger partial charge >= 0.3 is 0 Å². The van der Waals surface area contributed by atoms with Gasteiger partial charge < -0.3 is 4.57 Å². The highest BCUT2D eigenvalue weighted by Crippen LogP contribution is 2.55. The van der Waals surface area contributed by atoms with E-state index in [1.54, 1.807) is 0 Å². The minimum absolute atomic E-state index is 0.134. The minimum Gasteiger partial charge on any atom is -0.309 e. The molecular weight excluding hydrogens is 530 g/mol. The fourth-order valence-corrected chi connectivity index (χ4v) is 8.35. The van der Waals surface area contributed by atoms with Crippen LogP contribution in [0.5, 0.6) is 0 Å². The summed E-state index contributed by atoms with van der Waals surface area (Å²) < 4.78 is 2.44. The Labute approximate surface area is 255 Å². The average molecular weight is 560 g/mol. The molecule has 0 aliphatic heterocycles. The Morgan fingerprint density at radius 3 is 1.86 bits per heavy atom. The maximum Gasteiger partial charge on any atom is 0.0544 e. The zero-order valence-electron chi connectivity index (χ0n) is 24.7. The molecule has 9 aromatic rings. The van der Waals surface area contributed by atoms with Gasteiger partial charge in [-0.25, -0.2) is 0 Å². The molecule has 0 unspecified atom stereocenters. The van der Waals surface area contributed by atoms with Gasteiger partial charge in [0, 0.05) is 21.9 Å². The van der Waals surface area contributed by atoms with E-state index in [2.05, 4.69) is 158 Å². The molecule has 8 aromatic carbocycles. The average Bonchev–Trinajstić information content (AvgIpc) is 3.52. The first kappa shape index (κ1) is 24.1. The Kier molecular flexibility index (Phi) is 4.58. The van der Waals surface area contributed by atoms with Crippen molar-refractivity contribution in [2.24, 2.45) is 0 Å². The van der Waals surface area contributed by atoms with Gasteiger partial charge in [0.25, 0.3) is 0 Å². The third-order valence-electron chi connectivity index (χ3n) is 10.3. The van der Waals surface area contributed by atoms with Crippen molar-refractivity contribution < 1.29 is 0 Å². The summed E-state index contributed by atoms with van der Waals surface area (Å²) in [5.74, 6) is 0. The Morgan fingerprint density at radius 1 is 0.432 bits per heavy atom. The Bertz CT molecular complexity index is 2650. The zero-order chi connectivity index (χ0) is 29.2. The Morgan fingerprint density at radius 2 is 1.05 bits per heavy atom. The van der Waals surface area contributed by atoms with Crippen LogP contribution >= 0.6 is 0 Å². The monoisotopic (exact) mass is 559 g/mol. The lowest BCUT2D eigenvalue weighted by Gasteiger charge is -2.22. The number of aromatic nitrogens is 1. The minimum atomic E-state index is -0.134. The molecule has 0 saturated heterocycles. The third kappa shape index (κ3) is 2.94. The lowest BCUT2D eigenvalue weighted by Crippen LogP contribution is -2.15. The number of hydrogen-bond donors (Lipinski definition) is 0. The first-order chi connectivity index (χ1) is 21.6. The summed E-state index contributed by atoms with van der Waals surface area (Å²) in [5, 5.41) is 13.2. The van der Waals surface area contributed by atoms with Gasteiger partial charge in [0.1, 0.15) is 0 Å². The van der Waals surface area contributed by atoms with E-state index in [0.29, 0.717) is 0 Å². The van der Waals surface area contributed by atoms with Gasteiger partial charge in [0.15, 0.2) is 0 Å². The maximum absolute atomic E-state index is 2.50. The number of rotatable bonds is 1. The summed E-state index contributed by atoms with van der Waals surface area (Å²) in [6, 6.07) is 51.9. The molecule has 1 aliphatic rings. The number of nitrogens with zero attached hydrogens (tertiary/aromatic N) is 1. The topological polar surface area (TPSA) is 4.93 Å². The molecule has 0 bridgehead atoms. The summed E-state index contributed by atoms with van der Waals surface area (Å²) in [5.41, 5.74) is 9.15. The van der Waals surface area contributed by atoms with Gasteiger partial charge in [-0.2, -0.15) is 0 Å². The van der Waals surface area contributed by atoms with Gasteiger partial charge in [-0.3, -0.25) is 0 Å². The summed E-state index contributed by atoms with van der Waals surface area (Å²) in [6.45, 7) is 4.81. The fourth-order valence-electron chi connectivity index (χ4n) is 8.35. The highest BCUT2D eigenvalue weighted by Gasteiger charge is 2.38. The molecule has 44 heavy (non-hydrogen) atoms. The zero-order valence-corrected chi connectivity index (χ0v) is 24.7. The van der Waals surface area contributed by atoms with Crippen molar-refractivity contribution in [3.05, 3.63) is 151 Å². The van der Waals surface area contributed by atoms with E-state index in [1.807, 2.05) is 0 Å². The highest BCUT2D eigenvalue weighted by molar-refractivity contribution is 6.34. The molecule has 0 fully saturated rings. The number of hydrogen-bond acceptors (Lipinski definition) is 0. The van der Waals surface area contributed by atoms with Crippen LogP contribution in [0.3, 0.4) is 0 Å². The van der Waals surface area contributed by atoms with Gasteiger partial charge in [-0.15, -0.1) is 0 Å². The molecule has 0 atom stereocenters. The van der Waals surface area contributed by atoms with E-state index in [1.165, 1.54) is 92.8 Å². The largest absolute Gasteiger partial charge is 0.309 e. The normalized spacial score (nSPS) is 13.9. The van der Waals surface area contributed by atoms with Gasteiger partial charge in [-0.1, -0.05) is 123 Å². The molecule has 0 N–H and O–H groups in total. The molecule has 1 heteroatoms. The molecule has 0 radical (unpaired) electrons. The lowest BCUT2D eigenvalue weighted by atomic mass is 9.81. The van der Waals surface area contributed by atoms with Crippen molar-refractivity contribution in [3.63, 3.8) is 0 Å². The van der Waals surface area contributed by atoms with Crippen LogP contribution in [0.2, 0.25) is 0 Å². The molecule has 0 spiro atoms. The number of fused-ring (bicyclic) bond motifs is 15. The molecule has 1 aromatic heterocycles. The van der Waals surface area contributed by atoms with Crippen LogP contribution in [-0.4, -0.2) is 4.57 Å². The first-order valence-electron chi connectivity index (χ1n) is 15.5. The van der Waals surface area contributed by atoms with E-state index in [9.17, 15) is 0 Å². The fraction of sp³-hybridized carbons (Fsp3) is 0.0698. The summed E-state index contributed by atoms with van der Waals surface area (Å²) >= 11 is 0. The molecular formula is C43H29N. The molecule has 1 nitrogen and oxygen atoms in total. The molecule has 206 valence electrons. The van der Waals surface area contributed by atoms with E-state index in [4.69, 9.17) is 0 Å². The Hall–Kier alpha value is -5.40. The van der Waals surface area contributed by atoms with E-state index in [0.717, 1.165) is 0 Å². The third-order valence-corrected chi connectivity index (χ3v) is 10.3. The van der Waals surface area contributed by atoms with Gasteiger partial charge in [0.2, 0.25) is 0 Å². The second-order valence-electron chi connectivity index (χ2n) is 12.9. The van der Waals surface area contributed by atoms with Gasteiger partial charge in [0.05, 0.1) is 11.0 Å². The van der Waals surface area contributed by atoms with Crippen molar-refractivity contribution in [3.8, 4) is 16.8 Å². The van der Waals surface area contributed by atoms with Crippen molar-refractivity contribution >= 4 is 64.9 Å². The van der Waals surface area contributed by atoms with Crippen LogP contribution in [0.1, 0.15) is 25.0 Å². The van der Waals surface area contributed by atoms with Crippen LogP contribution in [0.25, 0.3) is 81.7 Å². The van der Waals surface area contributed by atoms with Crippen molar-refractivity contribution in [2.75, 3.05) is 0 Å². The predicted molar refractivity (Wildman–Crippen MR) is 188 cm³/mol. The van der Waals surface area contributed by atoms with E-state index < -0.39 is 0 Å². The Balaban J connectivity index is 1.40. The second kappa shape index (κ2) is 8.36. The summed E-state index contributed by atoms with van der Waals surface area (Å²) in [7, 11) is 0. The number of para-hydroxylation sites is 2. The van der Waals surface area contributed by atoms with E-state index in [-0.39, 0.29) is 5.41 Å². The quantitative estimate of drug-likeness (QED) is 0.176. The van der Waals surface area contributed by atoms with Crippen LogP contribution in [0, 0.1) is 0 Å². The molecule has 10 rings (SSSR count). The smallest absolute Gasteiger partial charge is 0.0544 e. The predicted octanol–water partition coefficient (Wildman–Crippen LogP) is 11.7. The van der Waals surface area contributed by atoms with Gasteiger partial charge in [-0.05, 0) is 95.7 Å². The highest BCUT2D eigenvalue weighted by atomic mass is 15.0. The van der Waals surface area contributed by atoms with Crippen LogP contribution in [-0.2, 0) is 5.41 Å². The maximum atomic E-state index is 2.50. The van der Waals surface area contributed by atoms with Crippen LogP contribution in [0.4, 0.5) is 0 Å².